The Morgan fingerprint density at radius 1 is 1.33 bits per heavy atom. The van der Waals surface area contributed by atoms with Gasteiger partial charge in [-0.25, -0.2) is 0 Å². The summed E-state index contributed by atoms with van der Waals surface area (Å²) in [5.41, 5.74) is -0.282. The topological polar surface area (TPSA) is 35.5 Å². The third-order valence-corrected chi connectivity index (χ3v) is 7.48. The summed E-state index contributed by atoms with van der Waals surface area (Å²) in [6, 6.07) is 0. The Bertz CT molecular complexity index is 553. The van der Waals surface area contributed by atoms with E-state index in [0.29, 0.717) is 36.4 Å². The molecule has 0 amide bonds. The standard InChI is InChI=1S/C21H32O3/c1-5-6-9-23-19(22)21-15-10-16(17(11-15)24-13(2)3)18(21)14-7-8-20(21,4)12-14/h7-8,13-18H,5-6,9-12H2,1-4H3. The average molecular weight is 332 g/mol. The molecule has 0 aromatic heterocycles. The van der Waals surface area contributed by atoms with Gasteiger partial charge in [-0.05, 0) is 63.2 Å². The molecule has 3 saturated carbocycles. The molecular weight excluding hydrogens is 300 g/mol. The molecular formula is C21H32O3. The molecule has 0 radical (unpaired) electrons. The van der Waals surface area contributed by atoms with Gasteiger partial charge in [0.15, 0.2) is 0 Å². The van der Waals surface area contributed by atoms with Crippen LogP contribution >= 0.6 is 0 Å². The molecule has 3 fully saturated rings. The van der Waals surface area contributed by atoms with Crippen LogP contribution in [0.1, 0.15) is 59.8 Å². The molecule has 4 aliphatic rings. The first-order valence-electron chi connectivity index (χ1n) is 9.96. The number of rotatable bonds is 6. The molecule has 0 aromatic carbocycles. The summed E-state index contributed by atoms with van der Waals surface area (Å²) in [6.07, 6.45) is 10.7. The van der Waals surface area contributed by atoms with E-state index in [1.54, 1.807) is 0 Å². The van der Waals surface area contributed by atoms with Crippen LogP contribution in [0.2, 0.25) is 0 Å². The Morgan fingerprint density at radius 2 is 2.12 bits per heavy atom. The fourth-order valence-corrected chi connectivity index (χ4v) is 6.88. The van der Waals surface area contributed by atoms with Crippen LogP contribution in [0.25, 0.3) is 0 Å². The highest BCUT2D eigenvalue weighted by Gasteiger charge is 2.77. The molecule has 0 N–H and O–H groups in total. The molecule has 7 atom stereocenters. The predicted molar refractivity (Wildman–Crippen MR) is 93.4 cm³/mol. The zero-order valence-electron chi connectivity index (χ0n) is 15.6. The van der Waals surface area contributed by atoms with Gasteiger partial charge in [0, 0.05) is 5.41 Å². The molecule has 0 aliphatic heterocycles. The second-order valence-corrected chi connectivity index (χ2v) is 9.08. The van der Waals surface area contributed by atoms with Crippen molar-refractivity contribution in [2.75, 3.05) is 6.61 Å². The van der Waals surface area contributed by atoms with Gasteiger partial charge >= 0.3 is 5.97 Å². The Labute approximate surface area is 146 Å². The molecule has 0 saturated heterocycles. The van der Waals surface area contributed by atoms with Crippen LogP contribution in [0, 0.1) is 34.5 Å². The maximum atomic E-state index is 13.3. The third kappa shape index (κ3) is 1.97. The quantitative estimate of drug-likeness (QED) is 0.314. The largest absolute Gasteiger partial charge is 0.465 e. The summed E-state index contributed by atoms with van der Waals surface area (Å²) >= 11 is 0. The van der Waals surface area contributed by atoms with Gasteiger partial charge in [-0.3, -0.25) is 4.79 Å². The molecule has 24 heavy (non-hydrogen) atoms. The lowest BCUT2D eigenvalue weighted by atomic mass is 9.55. The highest BCUT2D eigenvalue weighted by atomic mass is 16.5. The van der Waals surface area contributed by atoms with E-state index < -0.39 is 0 Å². The first-order chi connectivity index (χ1) is 11.4. The highest BCUT2D eigenvalue weighted by Crippen LogP contribution is 2.77. The first-order valence-corrected chi connectivity index (χ1v) is 9.96. The number of carbonyl (C=O) groups is 1. The van der Waals surface area contributed by atoms with Crippen molar-refractivity contribution in [1.82, 2.24) is 0 Å². The van der Waals surface area contributed by atoms with E-state index in [4.69, 9.17) is 9.47 Å². The second kappa shape index (κ2) is 5.59. The first kappa shape index (κ1) is 16.6. The lowest BCUT2D eigenvalue weighted by Gasteiger charge is -2.49. The number of carbonyl (C=O) groups excluding carboxylic acids is 1. The van der Waals surface area contributed by atoms with Gasteiger partial charge in [0.05, 0.1) is 24.2 Å². The predicted octanol–water partition coefficient (Wildman–Crippen LogP) is 4.36. The minimum atomic E-state index is -0.276. The molecule has 7 unspecified atom stereocenters. The van der Waals surface area contributed by atoms with Crippen LogP contribution in [0.3, 0.4) is 0 Å². The zero-order chi connectivity index (χ0) is 17.1. The number of ether oxygens (including phenoxy) is 2. The monoisotopic (exact) mass is 332 g/mol. The minimum Gasteiger partial charge on any atom is -0.465 e. The van der Waals surface area contributed by atoms with Gasteiger partial charge in [-0.1, -0.05) is 32.4 Å². The van der Waals surface area contributed by atoms with Crippen molar-refractivity contribution in [3.05, 3.63) is 12.2 Å². The Morgan fingerprint density at radius 3 is 2.83 bits per heavy atom. The van der Waals surface area contributed by atoms with E-state index >= 15 is 0 Å². The molecule has 0 aromatic rings. The molecule has 134 valence electrons. The van der Waals surface area contributed by atoms with Crippen molar-refractivity contribution >= 4 is 5.97 Å². The van der Waals surface area contributed by atoms with Crippen LogP contribution in [-0.2, 0) is 14.3 Å². The summed E-state index contributed by atoms with van der Waals surface area (Å²) in [6.45, 7) is 9.28. The fraction of sp³-hybridized carbons (Fsp3) is 0.857. The van der Waals surface area contributed by atoms with Crippen molar-refractivity contribution < 1.29 is 14.3 Å². The minimum absolute atomic E-state index is 0.00610. The summed E-state index contributed by atoms with van der Waals surface area (Å²) in [7, 11) is 0. The summed E-state index contributed by atoms with van der Waals surface area (Å²) in [4.78, 5) is 13.3. The van der Waals surface area contributed by atoms with Gasteiger partial charge in [0.2, 0.25) is 0 Å². The molecule has 0 heterocycles. The third-order valence-electron chi connectivity index (χ3n) is 7.48. The average Bonchev–Trinajstić information content (AvgIpc) is 3.22. The molecule has 4 rings (SSSR count). The van der Waals surface area contributed by atoms with Gasteiger partial charge < -0.3 is 9.47 Å². The van der Waals surface area contributed by atoms with E-state index in [-0.39, 0.29) is 22.9 Å². The van der Waals surface area contributed by atoms with Gasteiger partial charge in [-0.2, -0.15) is 0 Å². The van der Waals surface area contributed by atoms with Gasteiger partial charge in [0.25, 0.3) is 0 Å². The smallest absolute Gasteiger partial charge is 0.313 e. The number of esters is 1. The normalized spacial score (nSPS) is 47.6. The Kier molecular flexibility index (Phi) is 3.87. The Hall–Kier alpha value is -0.830. The number of allylic oxidation sites excluding steroid dienone is 2. The van der Waals surface area contributed by atoms with E-state index in [1.807, 2.05) is 0 Å². The van der Waals surface area contributed by atoms with Crippen LogP contribution in [0.15, 0.2) is 12.2 Å². The molecule has 4 bridgehead atoms. The van der Waals surface area contributed by atoms with Gasteiger partial charge in [0.1, 0.15) is 0 Å². The number of unbranched alkanes of at least 4 members (excludes halogenated alkanes) is 1. The van der Waals surface area contributed by atoms with Crippen molar-refractivity contribution in [2.45, 2.75) is 72.0 Å². The highest BCUT2D eigenvalue weighted by molar-refractivity contribution is 5.82. The van der Waals surface area contributed by atoms with E-state index in [9.17, 15) is 4.79 Å². The number of fused-ring (bicyclic) bond motifs is 9. The van der Waals surface area contributed by atoms with E-state index in [0.717, 1.165) is 32.1 Å². The molecule has 3 nitrogen and oxygen atoms in total. The van der Waals surface area contributed by atoms with Crippen molar-refractivity contribution in [3.8, 4) is 0 Å². The van der Waals surface area contributed by atoms with Crippen LogP contribution in [-0.4, -0.2) is 24.8 Å². The van der Waals surface area contributed by atoms with Crippen molar-refractivity contribution in [1.29, 1.82) is 0 Å². The van der Waals surface area contributed by atoms with E-state index in [1.165, 1.54) is 0 Å². The van der Waals surface area contributed by atoms with Crippen molar-refractivity contribution in [3.63, 3.8) is 0 Å². The fourth-order valence-electron chi connectivity index (χ4n) is 6.88. The SMILES string of the molecule is CCCCOC(=O)C12C3CC(OC(C)C)C(C3)C1C1C=CC2(C)C1. The van der Waals surface area contributed by atoms with Crippen LogP contribution in [0.4, 0.5) is 0 Å². The maximum Gasteiger partial charge on any atom is 0.313 e. The molecule has 4 aliphatic carbocycles. The summed E-state index contributed by atoms with van der Waals surface area (Å²) in [5, 5.41) is 0. The second-order valence-electron chi connectivity index (χ2n) is 9.08. The van der Waals surface area contributed by atoms with Gasteiger partial charge in [-0.15, -0.1) is 0 Å². The molecule has 3 heteroatoms. The summed E-state index contributed by atoms with van der Waals surface area (Å²) < 4.78 is 12.1. The zero-order valence-corrected chi connectivity index (χ0v) is 15.6. The van der Waals surface area contributed by atoms with E-state index in [2.05, 4.69) is 39.8 Å². The summed E-state index contributed by atoms with van der Waals surface area (Å²) in [5.74, 6) is 2.05. The Balaban J connectivity index is 1.65. The number of hydrogen-bond acceptors (Lipinski definition) is 3. The molecule has 0 spiro atoms. The lowest BCUT2D eigenvalue weighted by Crippen LogP contribution is -2.54. The number of hydrogen-bond donors (Lipinski definition) is 0. The lowest BCUT2D eigenvalue weighted by molar-refractivity contribution is -0.175. The van der Waals surface area contributed by atoms with Crippen molar-refractivity contribution in [2.24, 2.45) is 34.5 Å². The maximum absolute atomic E-state index is 13.3. The van der Waals surface area contributed by atoms with Crippen LogP contribution in [0.5, 0.6) is 0 Å². The van der Waals surface area contributed by atoms with Crippen LogP contribution < -0.4 is 0 Å².